The van der Waals surface area contributed by atoms with E-state index < -0.39 is 11.5 Å². The third kappa shape index (κ3) is 4.23. The molecule has 1 amide bonds. The second-order valence-corrected chi connectivity index (χ2v) is 7.14. The summed E-state index contributed by atoms with van der Waals surface area (Å²) in [6, 6.07) is 9.15. The van der Waals surface area contributed by atoms with Gasteiger partial charge in [-0.3, -0.25) is 9.59 Å². The van der Waals surface area contributed by atoms with Crippen LogP contribution in [-0.2, 0) is 4.79 Å². The minimum Gasteiger partial charge on any atom is -0.481 e. The third-order valence-electron chi connectivity index (χ3n) is 4.09. The molecule has 6 nitrogen and oxygen atoms in total. The van der Waals surface area contributed by atoms with E-state index in [-0.39, 0.29) is 23.9 Å². The van der Waals surface area contributed by atoms with E-state index in [0.717, 1.165) is 10.2 Å². The van der Waals surface area contributed by atoms with Crippen LogP contribution in [0.4, 0.5) is 0 Å². The molecule has 0 radical (unpaired) electrons. The number of carbonyl (C=O) groups excluding carboxylic acids is 1. The van der Waals surface area contributed by atoms with Crippen LogP contribution in [0.3, 0.4) is 0 Å². The number of carboxylic acid groups (broad SMARTS) is 1. The molecule has 0 bridgehead atoms. The molecule has 128 valence electrons. The number of benzene rings is 1. The third-order valence-corrected chi connectivity index (χ3v) is 4.58. The summed E-state index contributed by atoms with van der Waals surface area (Å²) in [5.41, 5.74) is 0.218. The first-order valence-electron chi connectivity index (χ1n) is 7.57. The van der Waals surface area contributed by atoms with Gasteiger partial charge in [0.1, 0.15) is 0 Å². The summed E-state index contributed by atoms with van der Waals surface area (Å²) in [7, 11) is 0. The van der Waals surface area contributed by atoms with E-state index in [0.29, 0.717) is 0 Å². The van der Waals surface area contributed by atoms with Crippen LogP contribution < -0.4 is 5.32 Å². The first-order chi connectivity index (χ1) is 11.2. The zero-order valence-electron chi connectivity index (χ0n) is 13.8. The van der Waals surface area contributed by atoms with Crippen molar-refractivity contribution in [3.8, 4) is 5.69 Å². The monoisotopic (exact) mass is 393 g/mol. The number of rotatable bonds is 6. The van der Waals surface area contributed by atoms with Crippen LogP contribution in [0.1, 0.15) is 37.7 Å². The number of carboxylic acids is 1. The Kier molecular flexibility index (Phi) is 5.43. The SMILES string of the molecule is CC(C)C(C)(CC(=O)O)NC(=O)c1ccn(-c2cccc(Br)c2)n1. The molecule has 0 aliphatic carbocycles. The summed E-state index contributed by atoms with van der Waals surface area (Å²) in [4.78, 5) is 23.6. The van der Waals surface area contributed by atoms with Crippen molar-refractivity contribution in [3.63, 3.8) is 0 Å². The van der Waals surface area contributed by atoms with Crippen molar-refractivity contribution in [2.75, 3.05) is 0 Å². The number of amides is 1. The average molecular weight is 394 g/mol. The Labute approximate surface area is 149 Å². The average Bonchev–Trinajstić information content (AvgIpc) is 2.96. The predicted molar refractivity (Wildman–Crippen MR) is 94.2 cm³/mol. The Morgan fingerprint density at radius 1 is 1.38 bits per heavy atom. The van der Waals surface area contributed by atoms with Gasteiger partial charge in [0.05, 0.1) is 17.6 Å². The molecule has 2 aromatic rings. The summed E-state index contributed by atoms with van der Waals surface area (Å²) in [6.45, 7) is 5.49. The van der Waals surface area contributed by atoms with Crippen molar-refractivity contribution in [1.82, 2.24) is 15.1 Å². The largest absolute Gasteiger partial charge is 0.481 e. The molecule has 7 heteroatoms. The van der Waals surface area contributed by atoms with Crippen LogP contribution in [-0.4, -0.2) is 32.3 Å². The van der Waals surface area contributed by atoms with E-state index in [1.165, 1.54) is 0 Å². The highest BCUT2D eigenvalue weighted by Crippen LogP contribution is 2.21. The van der Waals surface area contributed by atoms with Crippen LogP contribution in [0.2, 0.25) is 0 Å². The van der Waals surface area contributed by atoms with Crippen LogP contribution in [0.15, 0.2) is 41.0 Å². The summed E-state index contributed by atoms with van der Waals surface area (Å²) in [6.07, 6.45) is 1.54. The maximum absolute atomic E-state index is 12.5. The quantitative estimate of drug-likeness (QED) is 0.788. The Hall–Kier alpha value is -2.15. The molecule has 1 aromatic heterocycles. The fourth-order valence-electron chi connectivity index (χ4n) is 2.24. The number of carbonyl (C=O) groups is 2. The van der Waals surface area contributed by atoms with Crippen molar-refractivity contribution in [2.24, 2.45) is 5.92 Å². The van der Waals surface area contributed by atoms with E-state index in [1.54, 1.807) is 23.9 Å². The predicted octanol–water partition coefficient (Wildman–Crippen LogP) is 3.25. The van der Waals surface area contributed by atoms with E-state index >= 15 is 0 Å². The van der Waals surface area contributed by atoms with Crippen LogP contribution in [0, 0.1) is 5.92 Å². The lowest BCUT2D eigenvalue weighted by Crippen LogP contribution is -2.51. The van der Waals surface area contributed by atoms with Gasteiger partial charge in [-0.1, -0.05) is 35.8 Å². The highest BCUT2D eigenvalue weighted by Gasteiger charge is 2.33. The van der Waals surface area contributed by atoms with Gasteiger partial charge in [-0.05, 0) is 37.1 Å². The molecule has 0 fully saturated rings. The van der Waals surface area contributed by atoms with E-state index in [2.05, 4.69) is 26.3 Å². The Morgan fingerprint density at radius 2 is 2.08 bits per heavy atom. The Bertz CT molecular complexity index is 757. The zero-order valence-corrected chi connectivity index (χ0v) is 15.4. The zero-order chi connectivity index (χ0) is 17.9. The first-order valence-corrected chi connectivity index (χ1v) is 8.36. The van der Waals surface area contributed by atoms with Gasteiger partial charge in [0, 0.05) is 10.7 Å². The molecule has 0 saturated carbocycles. The molecule has 0 aliphatic rings. The summed E-state index contributed by atoms with van der Waals surface area (Å²) in [5, 5.41) is 16.2. The fourth-order valence-corrected chi connectivity index (χ4v) is 2.62. The van der Waals surface area contributed by atoms with E-state index in [4.69, 9.17) is 5.11 Å². The van der Waals surface area contributed by atoms with Gasteiger partial charge < -0.3 is 10.4 Å². The minimum absolute atomic E-state index is 0.0373. The minimum atomic E-state index is -0.953. The molecular weight excluding hydrogens is 374 g/mol. The molecule has 0 aliphatic heterocycles. The molecule has 2 N–H and O–H groups in total. The maximum atomic E-state index is 12.5. The van der Waals surface area contributed by atoms with Gasteiger partial charge in [0.2, 0.25) is 0 Å². The lowest BCUT2D eigenvalue weighted by molar-refractivity contribution is -0.138. The Morgan fingerprint density at radius 3 is 2.67 bits per heavy atom. The number of nitrogens with one attached hydrogen (secondary N) is 1. The van der Waals surface area contributed by atoms with Crippen LogP contribution in [0.25, 0.3) is 5.69 Å². The number of hydrogen-bond acceptors (Lipinski definition) is 3. The van der Waals surface area contributed by atoms with Crippen LogP contribution >= 0.6 is 15.9 Å². The molecule has 0 spiro atoms. The number of nitrogens with zero attached hydrogens (tertiary/aromatic N) is 2. The van der Waals surface area contributed by atoms with Gasteiger partial charge in [-0.2, -0.15) is 5.10 Å². The molecule has 1 aromatic carbocycles. The molecule has 1 atom stereocenters. The van der Waals surface area contributed by atoms with Crippen molar-refractivity contribution in [2.45, 2.75) is 32.7 Å². The number of halogens is 1. The molecule has 1 unspecified atom stereocenters. The van der Waals surface area contributed by atoms with Gasteiger partial charge in [0.15, 0.2) is 5.69 Å². The topological polar surface area (TPSA) is 84.2 Å². The van der Waals surface area contributed by atoms with Crippen molar-refractivity contribution >= 4 is 27.8 Å². The van der Waals surface area contributed by atoms with Gasteiger partial charge in [-0.15, -0.1) is 0 Å². The first kappa shape index (κ1) is 18.2. The number of hydrogen-bond donors (Lipinski definition) is 2. The molecule has 2 rings (SSSR count). The normalized spacial score (nSPS) is 13.5. The van der Waals surface area contributed by atoms with Crippen molar-refractivity contribution < 1.29 is 14.7 Å². The summed E-state index contributed by atoms with van der Waals surface area (Å²) >= 11 is 3.40. The Balaban J connectivity index is 2.20. The maximum Gasteiger partial charge on any atom is 0.305 e. The van der Waals surface area contributed by atoms with Crippen LogP contribution in [0.5, 0.6) is 0 Å². The second kappa shape index (κ2) is 7.17. The standard InChI is InChI=1S/C17H20BrN3O3/c1-11(2)17(3,10-15(22)23)19-16(24)14-7-8-21(20-14)13-6-4-5-12(18)9-13/h4-9,11H,10H2,1-3H3,(H,19,24)(H,22,23). The van der Waals surface area contributed by atoms with E-state index in [1.807, 2.05) is 38.1 Å². The molecule has 0 saturated heterocycles. The molecule has 24 heavy (non-hydrogen) atoms. The fraction of sp³-hybridized carbons (Fsp3) is 0.353. The summed E-state index contributed by atoms with van der Waals surface area (Å²) < 4.78 is 2.51. The number of aromatic nitrogens is 2. The number of aliphatic carboxylic acids is 1. The summed E-state index contributed by atoms with van der Waals surface area (Å²) in [5.74, 6) is -1.38. The highest BCUT2D eigenvalue weighted by atomic mass is 79.9. The highest BCUT2D eigenvalue weighted by molar-refractivity contribution is 9.10. The lowest BCUT2D eigenvalue weighted by atomic mass is 9.85. The van der Waals surface area contributed by atoms with Gasteiger partial charge >= 0.3 is 5.97 Å². The second-order valence-electron chi connectivity index (χ2n) is 6.22. The van der Waals surface area contributed by atoms with E-state index in [9.17, 15) is 9.59 Å². The lowest BCUT2D eigenvalue weighted by Gasteiger charge is -2.33. The van der Waals surface area contributed by atoms with Gasteiger partial charge in [-0.25, -0.2) is 4.68 Å². The molecular formula is C17H20BrN3O3. The van der Waals surface area contributed by atoms with Gasteiger partial charge in [0.25, 0.3) is 5.91 Å². The van der Waals surface area contributed by atoms with Crippen molar-refractivity contribution in [1.29, 1.82) is 0 Å². The molecule has 1 heterocycles. The van der Waals surface area contributed by atoms with Crippen molar-refractivity contribution in [3.05, 3.63) is 46.7 Å². The smallest absolute Gasteiger partial charge is 0.305 e.